The van der Waals surface area contributed by atoms with Crippen molar-refractivity contribution in [3.63, 3.8) is 0 Å². The number of rotatable bonds is 7. The molecule has 1 fully saturated rings. The monoisotopic (exact) mass is 577 g/mol. The average Bonchev–Trinajstić information content (AvgIpc) is 3.60. The maximum Gasteiger partial charge on any atom is 0.309 e. The Morgan fingerprint density at radius 1 is 1.24 bits per heavy atom. The van der Waals surface area contributed by atoms with Gasteiger partial charge in [-0.05, 0) is 57.7 Å². The van der Waals surface area contributed by atoms with E-state index in [9.17, 15) is 19.1 Å². The third-order valence-electron chi connectivity index (χ3n) is 8.39. The van der Waals surface area contributed by atoms with Crippen LogP contribution in [0.15, 0.2) is 23.6 Å². The Hall–Kier alpha value is -3.93. The number of carbonyl (C=O) groups is 2. The third-order valence-corrected chi connectivity index (χ3v) is 9.50. The quantitative estimate of drug-likeness (QED) is 0.273. The first kappa shape index (κ1) is 27.3. The second kappa shape index (κ2) is 9.86. The van der Waals surface area contributed by atoms with E-state index in [0.29, 0.717) is 45.3 Å². The molecular weight excluding hydrogens is 545 g/mol. The number of hydrogen-bond donors (Lipinski definition) is 3. The number of halogens is 1. The number of carboxylic acids is 1. The number of nitrogens with two attached hydrogens (primary N) is 1. The van der Waals surface area contributed by atoms with Gasteiger partial charge in [0.15, 0.2) is 5.82 Å². The van der Waals surface area contributed by atoms with Gasteiger partial charge in [-0.3, -0.25) is 14.3 Å². The number of nitrogens with one attached hydrogen (secondary N) is 1. The first-order chi connectivity index (χ1) is 19.5. The number of aromatic nitrogens is 5. The molecule has 1 aliphatic heterocycles. The molecule has 0 radical (unpaired) electrons. The number of fused-ring (bicyclic) bond motifs is 2. The van der Waals surface area contributed by atoms with Gasteiger partial charge in [0.1, 0.15) is 33.6 Å². The Morgan fingerprint density at radius 3 is 2.73 bits per heavy atom. The lowest BCUT2D eigenvalue weighted by molar-refractivity contribution is -0.146. The Balaban J connectivity index is 1.39. The number of hydrogen-bond acceptors (Lipinski definition) is 8. The molecule has 214 valence electrons. The normalized spacial score (nSPS) is 19.5. The fourth-order valence-corrected chi connectivity index (χ4v) is 6.91. The minimum absolute atomic E-state index is 0.116. The smallest absolute Gasteiger partial charge is 0.309 e. The summed E-state index contributed by atoms with van der Waals surface area (Å²) in [7, 11) is 0. The maximum atomic E-state index is 14.3. The van der Waals surface area contributed by atoms with E-state index in [2.05, 4.69) is 20.3 Å². The molecule has 1 amide bonds. The highest BCUT2D eigenvalue weighted by Crippen LogP contribution is 2.46. The summed E-state index contributed by atoms with van der Waals surface area (Å²) in [4.78, 5) is 38.9. The van der Waals surface area contributed by atoms with Crippen molar-refractivity contribution in [3.8, 4) is 11.5 Å². The summed E-state index contributed by atoms with van der Waals surface area (Å²) < 4.78 is 16.1. The number of thiazole rings is 1. The molecule has 0 saturated heterocycles. The summed E-state index contributed by atoms with van der Waals surface area (Å²) in [6.45, 7) is 5.67. The first-order valence-electron chi connectivity index (χ1n) is 13.8. The first-order valence-corrected chi connectivity index (χ1v) is 14.7. The molecule has 12 heteroatoms. The zero-order valence-electron chi connectivity index (χ0n) is 23.2. The Bertz CT molecular complexity index is 1690. The summed E-state index contributed by atoms with van der Waals surface area (Å²) in [6.07, 6.45) is 6.06. The molecule has 0 unspecified atom stereocenters. The van der Waals surface area contributed by atoms with E-state index in [4.69, 9.17) is 10.8 Å². The van der Waals surface area contributed by atoms with Gasteiger partial charge in [-0.25, -0.2) is 19.3 Å². The lowest BCUT2D eigenvalue weighted by Gasteiger charge is -2.21. The van der Waals surface area contributed by atoms with Gasteiger partial charge in [0.25, 0.3) is 0 Å². The number of aliphatic carboxylic acids is 1. The molecule has 4 N–H and O–H groups in total. The van der Waals surface area contributed by atoms with E-state index in [1.807, 2.05) is 4.68 Å². The predicted molar refractivity (Wildman–Crippen MR) is 154 cm³/mol. The van der Waals surface area contributed by atoms with Gasteiger partial charge in [0.05, 0.1) is 22.2 Å². The second-order valence-electron chi connectivity index (χ2n) is 11.9. The zero-order valence-corrected chi connectivity index (χ0v) is 24.0. The molecule has 6 rings (SSSR count). The van der Waals surface area contributed by atoms with Crippen molar-refractivity contribution in [2.45, 2.75) is 71.3 Å². The molecule has 2 aliphatic rings. The molecule has 10 nitrogen and oxygen atoms in total. The summed E-state index contributed by atoms with van der Waals surface area (Å²) in [5, 5.41) is 20.1. The van der Waals surface area contributed by atoms with E-state index < -0.39 is 16.8 Å². The minimum Gasteiger partial charge on any atom is -0.481 e. The van der Waals surface area contributed by atoms with Crippen LogP contribution in [-0.2, 0) is 28.0 Å². The highest BCUT2D eigenvalue weighted by Gasteiger charge is 2.50. The fourth-order valence-electron chi connectivity index (χ4n) is 5.93. The van der Waals surface area contributed by atoms with Crippen LogP contribution in [0.5, 0.6) is 0 Å². The van der Waals surface area contributed by atoms with Gasteiger partial charge < -0.3 is 16.2 Å². The molecule has 41 heavy (non-hydrogen) atoms. The van der Waals surface area contributed by atoms with Gasteiger partial charge in [-0.15, -0.1) is 11.3 Å². The number of nitrogen functional groups attached to an aromatic ring is 1. The molecule has 3 aromatic heterocycles. The van der Waals surface area contributed by atoms with Crippen LogP contribution in [0.3, 0.4) is 0 Å². The second-order valence-corrected chi connectivity index (χ2v) is 12.8. The van der Waals surface area contributed by atoms with Crippen molar-refractivity contribution >= 4 is 45.8 Å². The van der Waals surface area contributed by atoms with Crippen LogP contribution >= 0.6 is 11.3 Å². The molecule has 4 aromatic rings. The molecule has 4 heterocycles. The van der Waals surface area contributed by atoms with Crippen LogP contribution in [0, 0.1) is 17.2 Å². The van der Waals surface area contributed by atoms with Crippen LogP contribution in [0.2, 0.25) is 0 Å². The highest BCUT2D eigenvalue weighted by atomic mass is 32.1. The molecule has 0 spiro atoms. The number of carbonyl (C=O) groups excluding carboxylic acids is 1. The van der Waals surface area contributed by atoms with Crippen molar-refractivity contribution in [1.29, 1.82) is 0 Å². The number of nitrogens with zero attached hydrogens (tertiary/aromatic N) is 5. The average molecular weight is 578 g/mol. The van der Waals surface area contributed by atoms with Crippen LogP contribution in [0.1, 0.15) is 69.1 Å². The van der Waals surface area contributed by atoms with Crippen LogP contribution in [-0.4, -0.2) is 41.7 Å². The molecule has 1 aliphatic carbocycles. The highest BCUT2D eigenvalue weighted by molar-refractivity contribution is 7.10. The summed E-state index contributed by atoms with van der Waals surface area (Å²) in [5.41, 5.74) is 6.40. The van der Waals surface area contributed by atoms with E-state index in [0.717, 1.165) is 12.8 Å². The van der Waals surface area contributed by atoms with Gasteiger partial charge in [0.2, 0.25) is 5.91 Å². The number of amides is 1. The molecule has 0 bridgehead atoms. The van der Waals surface area contributed by atoms with Gasteiger partial charge >= 0.3 is 5.97 Å². The Labute approximate surface area is 240 Å². The summed E-state index contributed by atoms with van der Waals surface area (Å²) in [6, 6.07) is 4.55. The maximum absolute atomic E-state index is 14.3. The van der Waals surface area contributed by atoms with Crippen LogP contribution < -0.4 is 11.1 Å². The Morgan fingerprint density at radius 2 is 2.00 bits per heavy atom. The molecule has 1 saturated carbocycles. The molecule has 1 aromatic carbocycles. The molecule has 1 atom stereocenters. The van der Waals surface area contributed by atoms with Crippen molar-refractivity contribution in [3.05, 3.63) is 45.7 Å². The van der Waals surface area contributed by atoms with E-state index >= 15 is 0 Å². The van der Waals surface area contributed by atoms with Crippen molar-refractivity contribution in [2.24, 2.45) is 11.3 Å². The largest absolute Gasteiger partial charge is 0.481 e. The van der Waals surface area contributed by atoms with Crippen molar-refractivity contribution in [1.82, 2.24) is 24.7 Å². The van der Waals surface area contributed by atoms with Gasteiger partial charge in [-0.1, -0.05) is 19.3 Å². The standard InChI is InChI=1S/C29H32FN7O3S/c1-28(2,27(39)40)12-17-14-41-26(32-17)29(3)20-22(31)33-24(34-23(20)35-25(29)38)21-18-10-9-16(30)11-19(18)37(36-21)13-15-7-5-4-6-8-15/h9-11,14-15H,4-8,12-13H2,1-3H3,(H,39,40)(H3,31,33,34,35,38)/t29-/m0/s1. The zero-order chi connectivity index (χ0) is 29.1. The van der Waals surface area contributed by atoms with E-state index in [-0.39, 0.29) is 35.6 Å². The van der Waals surface area contributed by atoms with Gasteiger partial charge in [0, 0.05) is 23.7 Å². The number of carboxylic acid groups (broad SMARTS) is 1. The molecular formula is C29H32FN7O3S. The van der Waals surface area contributed by atoms with Crippen LogP contribution in [0.25, 0.3) is 22.4 Å². The summed E-state index contributed by atoms with van der Waals surface area (Å²) >= 11 is 1.27. The predicted octanol–water partition coefficient (Wildman–Crippen LogP) is 5.16. The fraction of sp³-hybridized carbons (Fsp3) is 0.448. The topological polar surface area (TPSA) is 149 Å². The Kier molecular flexibility index (Phi) is 6.55. The minimum atomic E-state index is -1.25. The van der Waals surface area contributed by atoms with E-state index in [1.165, 1.54) is 42.7 Å². The summed E-state index contributed by atoms with van der Waals surface area (Å²) in [5.74, 6) is -0.514. The van der Waals surface area contributed by atoms with Gasteiger partial charge in [-0.2, -0.15) is 5.10 Å². The van der Waals surface area contributed by atoms with Crippen molar-refractivity contribution in [2.75, 3.05) is 11.1 Å². The lowest BCUT2D eigenvalue weighted by Crippen LogP contribution is -2.33. The number of benzene rings is 1. The number of anilines is 2. The SMILES string of the molecule is CC(C)(Cc1csc([C@]2(C)C(=O)Nc3nc(-c4nn(CC5CCCCC5)c5cc(F)ccc45)nc(N)c32)n1)C(=O)O. The van der Waals surface area contributed by atoms with Crippen LogP contribution in [0.4, 0.5) is 16.0 Å². The van der Waals surface area contributed by atoms with Crippen molar-refractivity contribution < 1.29 is 19.1 Å². The lowest BCUT2D eigenvalue weighted by atomic mass is 9.85. The third kappa shape index (κ3) is 4.63. The van der Waals surface area contributed by atoms with E-state index in [1.54, 1.807) is 32.2 Å².